The van der Waals surface area contributed by atoms with Gasteiger partial charge in [-0.05, 0) is 62.4 Å². The minimum Gasteiger partial charge on any atom is -0.324 e. The van der Waals surface area contributed by atoms with Crippen LogP contribution in [0.2, 0.25) is 0 Å². The maximum absolute atomic E-state index is 6.37. The predicted molar refractivity (Wildman–Crippen MR) is 78.1 cm³/mol. The Bertz CT molecular complexity index is 570. The molecule has 0 bridgehead atoms. The van der Waals surface area contributed by atoms with Gasteiger partial charge < -0.3 is 5.73 Å². The van der Waals surface area contributed by atoms with Crippen LogP contribution in [0.5, 0.6) is 0 Å². The standard InChI is InChI=1S/C16H21N3/c1-10-6-5-7-11(2)14(10)9-16(17)15-8-12(3)18-19-13(15)4/h5-8,16H,9,17H2,1-4H3. The van der Waals surface area contributed by atoms with Crippen LogP contribution in [0.25, 0.3) is 0 Å². The average molecular weight is 255 g/mol. The van der Waals surface area contributed by atoms with Gasteiger partial charge in [0.1, 0.15) is 0 Å². The van der Waals surface area contributed by atoms with Gasteiger partial charge in [-0.1, -0.05) is 18.2 Å². The molecule has 2 rings (SSSR count). The van der Waals surface area contributed by atoms with Crippen molar-refractivity contribution in [2.24, 2.45) is 5.73 Å². The van der Waals surface area contributed by atoms with Gasteiger partial charge in [-0.2, -0.15) is 10.2 Å². The van der Waals surface area contributed by atoms with E-state index in [2.05, 4.69) is 42.2 Å². The van der Waals surface area contributed by atoms with E-state index in [9.17, 15) is 0 Å². The summed E-state index contributed by atoms with van der Waals surface area (Å²) in [6.07, 6.45) is 0.838. The van der Waals surface area contributed by atoms with Crippen molar-refractivity contribution < 1.29 is 0 Å². The molecule has 100 valence electrons. The molecule has 1 heterocycles. The summed E-state index contributed by atoms with van der Waals surface area (Å²) < 4.78 is 0. The van der Waals surface area contributed by atoms with E-state index in [1.165, 1.54) is 16.7 Å². The first-order chi connectivity index (χ1) is 8.99. The molecule has 3 heteroatoms. The second-order valence-electron chi connectivity index (χ2n) is 5.21. The molecule has 0 amide bonds. The SMILES string of the molecule is Cc1cc(C(N)Cc2c(C)cccc2C)c(C)nn1. The molecule has 1 atom stereocenters. The average Bonchev–Trinajstić information content (AvgIpc) is 2.37. The molecule has 2 aromatic rings. The molecule has 1 unspecified atom stereocenters. The zero-order valence-electron chi connectivity index (χ0n) is 12.1. The normalized spacial score (nSPS) is 12.5. The van der Waals surface area contributed by atoms with Crippen LogP contribution in [-0.4, -0.2) is 10.2 Å². The highest BCUT2D eigenvalue weighted by Crippen LogP contribution is 2.22. The van der Waals surface area contributed by atoms with Crippen LogP contribution >= 0.6 is 0 Å². The number of aryl methyl sites for hydroxylation is 4. The Hall–Kier alpha value is -1.74. The largest absolute Gasteiger partial charge is 0.324 e. The predicted octanol–water partition coefficient (Wildman–Crippen LogP) is 2.95. The van der Waals surface area contributed by atoms with Crippen LogP contribution in [0.15, 0.2) is 24.3 Å². The van der Waals surface area contributed by atoms with Crippen LogP contribution in [-0.2, 0) is 6.42 Å². The number of rotatable bonds is 3. The van der Waals surface area contributed by atoms with Crippen LogP contribution in [0, 0.1) is 27.7 Å². The summed E-state index contributed by atoms with van der Waals surface area (Å²) in [5, 5.41) is 8.21. The Labute approximate surface area is 114 Å². The van der Waals surface area contributed by atoms with Gasteiger partial charge in [0.25, 0.3) is 0 Å². The summed E-state index contributed by atoms with van der Waals surface area (Å²) in [7, 11) is 0. The second-order valence-corrected chi connectivity index (χ2v) is 5.21. The van der Waals surface area contributed by atoms with E-state index in [0.717, 1.165) is 23.4 Å². The molecule has 0 radical (unpaired) electrons. The molecule has 0 aliphatic heterocycles. The van der Waals surface area contributed by atoms with Crippen molar-refractivity contribution in [3.8, 4) is 0 Å². The molecule has 2 N–H and O–H groups in total. The molecule has 0 spiro atoms. The number of benzene rings is 1. The quantitative estimate of drug-likeness (QED) is 0.917. The summed E-state index contributed by atoms with van der Waals surface area (Å²) in [4.78, 5) is 0. The van der Waals surface area contributed by atoms with Crippen molar-refractivity contribution in [3.05, 3.63) is 57.9 Å². The van der Waals surface area contributed by atoms with Crippen LogP contribution in [0.1, 0.15) is 39.7 Å². The molecule has 0 aliphatic rings. The molecule has 1 aromatic heterocycles. The van der Waals surface area contributed by atoms with E-state index < -0.39 is 0 Å². The third-order valence-corrected chi connectivity index (χ3v) is 3.61. The third kappa shape index (κ3) is 2.99. The summed E-state index contributed by atoms with van der Waals surface area (Å²) >= 11 is 0. The third-order valence-electron chi connectivity index (χ3n) is 3.61. The Morgan fingerprint density at radius 2 is 1.68 bits per heavy atom. The van der Waals surface area contributed by atoms with Crippen LogP contribution < -0.4 is 5.73 Å². The maximum atomic E-state index is 6.37. The fourth-order valence-electron chi connectivity index (χ4n) is 2.45. The highest BCUT2D eigenvalue weighted by Gasteiger charge is 2.14. The number of nitrogens with zero attached hydrogens (tertiary/aromatic N) is 2. The van der Waals surface area contributed by atoms with Crippen LogP contribution in [0.3, 0.4) is 0 Å². The molecule has 3 nitrogen and oxygen atoms in total. The number of aromatic nitrogens is 2. The Balaban J connectivity index is 2.31. The minimum absolute atomic E-state index is 0.0333. The Morgan fingerprint density at radius 1 is 1.05 bits per heavy atom. The van der Waals surface area contributed by atoms with E-state index in [1.807, 2.05) is 19.9 Å². The van der Waals surface area contributed by atoms with Gasteiger partial charge in [-0.3, -0.25) is 0 Å². The van der Waals surface area contributed by atoms with E-state index >= 15 is 0 Å². The molecular formula is C16H21N3. The lowest BCUT2D eigenvalue weighted by Crippen LogP contribution is -2.17. The first kappa shape index (κ1) is 13.7. The highest BCUT2D eigenvalue weighted by molar-refractivity contribution is 5.36. The summed E-state index contributed by atoms with van der Waals surface area (Å²) in [5.41, 5.74) is 13.2. The van der Waals surface area contributed by atoms with Crippen molar-refractivity contribution in [2.75, 3.05) is 0 Å². The van der Waals surface area contributed by atoms with Gasteiger partial charge in [0.15, 0.2) is 0 Å². The number of hydrogen-bond donors (Lipinski definition) is 1. The summed E-state index contributed by atoms with van der Waals surface area (Å²) in [5.74, 6) is 0. The molecule has 19 heavy (non-hydrogen) atoms. The first-order valence-electron chi connectivity index (χ1n) is 6.60. The summed E-state index contributed by atoms with van der Waals surface area (Å²) in [6, 6.07) is 8.37. The molecule has 0 saturated heterocycles. The lowest BCUT2D eigenvalue weighted by Gasteiger charge is -2.17. The zero-order chi connectivity index (χ0) is 14.0. The fourth-order valence-corrected chi connectivity index (χ4v) is 2.45. The summed E-state index contributed by atoms with van der Waals surface area (Å²) in [6.45, 7) is 8.18. The fraction of sp³-hybridized carbons (Fsp3) is 0.375. The van der Waals surface area contributed by atoms with E-state index in [0.29, 0.717) is 0 Å². The lowest BCUT2D eigenvalue weighted by molar-refractivity contribution is 0.695. The van der Waals surface area contributed by atoms with Crippen LogP contribution in [0.4, 0.5) is 0 Å². The molecule has 0 saturated carbocycles. The van der Waals surface area contributed by atoms with E-state index in [1.54, 1.807) is 0 Å². The van der Waals surface area contributed by atoms with Gasteiger partial charge in [0.2, 0.25) is 0 Å². The second kappa shape index (κ2) is 5.49. The molecule has 1 aromatic carbocycles. The van der Waals surface area contributed by atoms with E-state index in [4.69, 9.17) is 5.73 Å². The first-order valence-corrected chi connectivity index (χ1v) is 6.60. The van der Waals surface area contributed by atoms with Crippen molar-refractivity contribution in [3.63, 3.8) is 0 Å². The maximum Gasteiger partial charge on any atom is 0.0648 e. The van der Waals surface area contributed by atoms with Gasteiger partial charge in [-0.15, -0.1) is 0 Å². The van der Waals surface area contributed by atoms with Crippen molar-refractivity contribution in [1.82, 2.24) is 10.2 Å². The van der Waals surface area contributed by atoms with Crippen molar-refractivity contribution >= 4 is 0 Å². The monoisotopic (exact) mass is 255 g/mol. The van der Waals surface area contributed by atoms with Gasteiger partial charge >= 0.3 is 0 Å². The Morgan fingerprint density at radius 3 is 2.32 bits per heavy atom. The Kier molecular flexibility index (Phi) is 3.96. The van der Waals surface area contributed by atoms with Crippen molar-refractivity contribution in [1.29, 1.82) is 0 Å². The van der Waals surface area contributed by atoms with Gasteiger partial charge in [0.05, 0.1) is 11.4 Å². The number of nitrogens with two attached hydrogens (primary N) is 1. The lowest BCUT2D eigenvalue weighted by atomic mass is 9.93. The molecule has 0 fully saturated rings. The van der Waals surface area contributed by atoms with Gasteiger partial charge in [-0.25, -0.2) is 0 Å². The van der Waals surface area contributed by atoms with Crippen molar-refractivity contribution in [2.45, 2.75) is 40.2 Å². The topological polar surface area (TPSA) is 51.8 Å². The minimum atomic E-state index is -0.0333. The number of hydrogen-bond acceptors (Lipinski definition) is 3. The van der Waals surface area contributed by atoms with E-state index in [-0.39, 0.29) is 6.04 Å². The zero-order valence-corrected chi connectivity index (χ0v) is 12.1. The molecule has 0 aliphatic carbocycles. The smallest absolute Gasteiger partial charge is 0.0648 e. The van der Waals surface area contributed by atoms with Gasteiger partial charge in [0, 0.05) is 6.04 Å². The highest BCUT2D eigenvalue weighted by atomic mass is 15.1. The molecular weight excluding hydrogens is 234 g/mol.